The molecule has 1 N–H and O–H groups in total. The summed E-state index contributed by atoms with van der Waals surface area (Å²) in [6, 6.07) is 10.7. The molecule has 5 heteroatoms. The first kappa shape index (κ1) is 17.4. The van der Waals surface area contributed by atoms with Gasteiger partial charge in [0.1, 0.15) is 18.2 Å². The SMILES string of the molecule is O=C1Nc2ccc(F)cc2C1=C1OCc2cc(CCN3CCCCC3)ccc21. The van der Waals surface area contributed by atoms with Crippen LogP contribution in [0.1, 0.15) is 41.5 Å². The first-order valence-corrected chi connectivity index (χ1v) is 10.0. The number of hydrogen-bond donors (Lipinski definition) is 1. The van der Waals surface area contributed by atoms with E-state index in [0.29, 0.717) is 29.2 Å². The minimum atomic E-state index is -0.361. The van der Waals surface area contributed by atoms with Crippen LogP contribution in [0.3, 0.4) is 0 Å². The van der Waals surface area contributed by atoms with E-state index < -0.39 is 0 Å². The summed E-state index contributed by atoms with van der Waals surface area (Å²) in [7, 11) is 0. The van der Waals surface area contributed by atoms with Crippen molar-refractivity contribution >= 4 is 22.9 Å². The van der Waals surface area contributed by atoms with Crippen LogP contribution in [0.15, 0.2) is 36.4 Å². The molecule has 0 radical (unpaired) electrons. The van der Waals surface area contributed by atoms with Gasteiger partial charge in [0.2, 0.25) is 0 Å². The zero-order chi connectivity index (χ0) is 19.1. The Hall–Kier alpha value is -2.66. The average molecular weight is 378 g/mol. The molecule has 0 aromatic heterocycles. The highest BCUT2D eigenvalue weighted by Crippen LogP contribution is 2.41. The first-order valence-electron chi connectivity index (χ1n) is 10.0. The van der Waals surface area contributed by atoms with Gasteiger partial charge < -0.3 is 15.0 Å². The lowest BCUT2D eigenvalue weighted by Gasteiger charge is -2.26. The van der Waals surface area contributed by atoms with Crippen LogP contribution in [0, 0.1) is 5.82 Å². The van der Waals surface area contributed by atoms with Crippen LogP contribution in [0.25, 0.3) is 11.3 Å². The number of hydrogen-bond acceptors (Lipinski definition) is 3. The largest absolute Gasteiger partial charge is 0.487 e. The van der Waals surface area contributed by atoms with E-state index in [2.05, 4.69) is 22.3 Å². The van der Waals surface area contributed by atoms with E-state index in [1.807, 2.05) is 6.07 Å². The van der Waals surface area contributed by atoms with Crippen LogP contribution in [-0.2, 0) is 22.6 Å². The molecule has 0 spiro atoms. The zero-order valence-electron chi connectivity index (χ0n) is 15.8. The molecule has 4 nitrogen and oxygen atoms in total. The van der Waals surface area contributed by atoms with Gasteiger partial charge in [0.25, 0.3) is 5.91 Å². The third-order valence-corrected chi connectivity index (χ3v) is 5.90. The van der Waals surface area contributed by atoms with Gasteiger partial charge in [0.15, 0.2) is 0 Å². The number of amides is 1. The summed E-state index contributed by atoms with van der Waals surface area (Å²) >= 11 is 0. The summed E-state index contributed by atoms with van der Waals surface area (Å²) in [6.07, 6.45) is 4.98. The number of piperidine rings is 1. The van der Waals surface area contributed by atoms with E-state index in [4.69, 9.17) is 4.74 Å². The zero-order valence-corrected chi connectivity index (χ0v) is 15.8. The Morgan fingerprint density at radius 3 is 2.75 bits per heavy atom. The van der Waals surface area contributed by atoms with Crippen molar-refractivity contribution in [1.29, 1.82) is 0 Å². The molecule has 1 saturated heterocycles. The van der Waals surface area contributed by atoms with Crippen molar-refractivity contribution < 1.29 is 13.9 Å². The molecule has 1 fully saturated rings. The summed E-state index contributed by atoms with van der Waals surface area (Å²) in [5, 5.41) is 2.80. The van der Waals surface area contributed by atoms with Gasteiger partial charge in [-0.15, -0.1) is 0 Å². The van der Waals surface area contributed by atoms with Crippen molar-refractivity contribution in [3.8, 4) is 0 Å². The Bertz CT molecular complexity index is 977. The van der Waals surface area contributed by atoms with Crippen molar-refractivity contribution in [2.24, 2.45) is 0 Å². The summed E-state index contributed by atoms with van der Waals surface area (Å²) in [4.78, 5) is 15.0. The number of benzene rings is 2. The van der Waals surface area contributed by atoms with E-state index in [0.717, 1.165) is 24.1 Å². The van der Waals surface area contributed by atoms with Crippen molar-refractivity contribution in [1.82, 2.24) is 4.90 Å². The molecule has 0 bridgehead atoms. The maximum atomic E-state index is 13.7. The number of fused-ring (bicyclic) bond motifs is 2. The van der Waals surface area contributed by atoms with E-state index in [9.17, 15) is 9.18 Å². The van der Waals surface area contributed by atoms with Gasteiger partial charge in [-0.1, -0.05) is 24.6 Å². The highest BCUT2D eigenvalue weighted by atomic mass is 19.1. The molecule has 0 aliphatic carbocycles. The molecule has 2 aromatic rings. The fourth-order valence-corrected chi connectivity index (χ4v) is 4.41. The Kier molecular flexibility index (Phi) is 4.40. The van der Waals surface area contributed by atoms with Gasteiger partial charge >= 0.3 is 0 Å². The minimum absolute atomic E-state index is 0.238. The Balaban J connectivity index is 1.42. The maximum Gasteiger partial charge on any atom is 0.260 e. The maximum absolute atomic E-state index is 13.7. The number of anilines is 1. The highest BCUT2D eigenvalue weighted by Gasteiger charge is 2.32. The van der Waals surface area contributed by atoms with E-state index >= 15 is 0 Å². The van der Waals surface area contributed by atoms with Crippen molar-refractivity contribution in [2.45, 2.75) is 32.3 Å². The molecular weight excluding hydrogens is 355 g/mol. The summed E-state index contributed by atoms with van der Waals surface area (Å²) < 4.78 is 19.6. The molecule has 3 aliphatic heterocycles. The summed E-state index contributed by atoms with van der Waals surface area (Å²) in [5.74, 6) is -0.0447. The van der Waals surface area contributed by atoms with Crippen LogP contribution in [0.2, 0.25) is 0 Å². The topological polar surface area (TPSA) is 41.6 Å². The monoisotopic (exact) mass is 378 g/mol. The molecule has 144 valence electrons. The second-order valence-electron chi connectivity index (χ2n) is 7.78. The second-order valence-corrected chi connectivity index (χ2v) is 7.78. The number of carbonyl (C=O) groups is 1. The Morgan fingerprint density at radius 1 is 1.04 bits per heavy atom. The van der Waals surface area contributed by atoms with Crippen LogP contribution in [0.4, 0.5) is 10.1 Å². The lowest BCUT2D eigenvalue weighted by Crippen LogP contribution is -2.31. The van der Waals surface area contributed by atoms with Gasteiger partial charge in [0, 0.05) is 28.9 Å². The van der Waals surface area contributed by atoms with Crippen LogP contribution in [0.5, 0.6) is 0 Å². The molecule has 1 amide bonds. The fourth-order valence-electron chi connectivity index (χ4n) is 4.41. The number of likely N-dealkylation sites (tertiary alicyclic amines) is 1. The van der Waals surface area contributed by atoms with E-state index in [1.165, 1.54) is 50.0 Å². The normalized spacial score (nSPS) is 21.2. The molecule has 0 unspecified atom stereocenters. The molecule has 5 rings (SSSR count). The van der Waals surface area contributed by atoms with E-state index in [-0.39, 0.29) is 11.7 Å². The van der Waals surface area contributed by atoms with Crippen LogP contribution in [-0.4, -0.2) is 30.4 Å². The number of ether oxygens (including phenoxy) is 1. The molecule has 3 aliphatic rings. The third kappa shape index (κ3) is 3.10. The molecular formula is C23H23FN2O2. The Labute approximate surface area is 164 Å². The fraction of sp³-hybridized carbons (Fsp3) is 0.348. The van der Waals surface area contributed by atoms with Crippen LogP contribution < -0.4 is 5.32 Å². The average Bonchev–Trinajstić information content (AvgIpc) is 3.26. The molecule has 0 saturated carbocycles. The second kappa shape index (κ2) is 7.06. The number of nitrogens with zero attached hydrogens (tertiary/aromatic N) is 1. The summed E-state index contributed by atoms with van der Waals surface area (Å²) in [6.45, 7) is 3.94. The van der Waals surface area contributed by atoms with Crippen molar-refractivity contribution in [3.05, 3.63) is 64.5 Å². The lowest BCUT2D eigenvalue weighted by atomic mass is 9.98. The molecule has 3 heterocycles. The van der Waals surface area contributed by atoms with Crippen molar-refractivity contribution in [3.63, 3.8) is 0 Å². The number of halogens is 1. The van der Waals surface area contributed by atoms with Gasteiger partial charge in [-0.25, -0.2) is 4.39 Å². The smallest absolute Gasteiger partial charge is 0.260 e. The predicted molar refractivity (Wildman–Crippen MR) is 107 cm³/mol. The molecule has 2 aromatic carbocycles. The number of nitrogens with one attached hydrogen (secondary N) is 1. The van der Waals surface area contributed by atoms with Gasteiger partial charge in [-0.2, -0.15) is 0 Å². The van der Waals surface area contributed by atoms with Gasteiger partial charge in [-0.3, -0.25) is 4.79 Å². The van der Waals surface area contributed by atoms with Crippen LogP contribution >= 0.6 is 0 Å². The highest BCUT2D eigenvalue weighted by molar-refractivity contribution is 6.36. The summed E-state index contributed by atoms with van der Waals surface area (Å²) in [5.41, 5.74) is 4.95. The number of rotatable bonds is 3. The van der Waals surface area contributed by atoms with Gasteiger partial charge in [-0.05, 0) is 56.1 Å². The first-order chi connectivity index (χ1) is 13.7. The number of carbonyl (C=O) groups excluding carboxylic acids is 1. The van der Waals surface area contributed by atoms with E-state index in [1.54, 1.807) is 6.07 Å². The molecule has 28 heavy (non-hydrogen) atoms. The quantitative estimate of drug-likeness (QED) is 0.814. The minimum Gasteiger partial charge on any atom is -0.487 e. The molecule has 0 atom stereocenters. The Morgan fingerprint density at radius 2 is 1.89 bits per heavy atom. The standard InChI is InChI=1S/C23H23FN2O2/c24-17-5-7-20-19(13-17)21(23(27)25-20)22-18-6-4-15(12-16(18)14-28-22)8-11-26-9-2-1-3-10-26/h4-7,12-13H,1-3,8-11,14H2,(H,25,27). The van der Waals surface area contributed by atoms with Gasteiger partial charge in [0.05, 0.1) is 5.57 Å². The lowest BCUT2D eigenvalue weighted by molar-refractivity contribution is -0.110. The predicted octanol–water partition coefficient (Wildman–Crippen LogP) is 4.20. The van der Waals surface area contributed by atoms with Crippen molar-refractivity contribution in [2.75, 3.05) is 25.0 Å². The third-order valence-electron chi connectivity index (χ3n) is 5.90.